The van der Waals surface area contributed by atoms with Crippen molar-refractivity contribution < 1.29 is 5.11 Å². The van der Waals surface area contributed by atoms with E-state index in [0.717, 1.165) is 30.6 Å². The van der Waals surface area contributed by atoms with Crippen molar-refractivity contribution in [2.75, 3.05) is 0 Å². The van der Waals surface area contributed by atoms with Crippen LogP contribution in [-0.2, 0) is 13.0 Å². The molecule has 0 bridgehead atoms. The van der Waals surface area contributed by atoms with Gasteiger partial charge in [-0.1, -0.05) is 38.1 Å². The van der Waals surface area contributed by atoms with Gasteiger partial charge in [0.15, 0.2) is 0 Å². The van der Waals surface area contributed by atoms with Crippen molar-refractivity contribution in [3.8, 4) is 0 Å². The Morgan fingerprint density at radius 3 is 2.72 bits per heavy atom. The highest BCUT2D eigenvalue weighted by Gasteiger charge is 2.17. The zero-order chi connectivity index (χ0) is 13.0. The molecule has 2 rings (SSSR count). The molecule has 1 aromatic carbocycles. The maximum atomic E-state index is 10.5. The summed E-state index contributed by atoms with van der Waals surface area (Å²) in [5.41, 5.74) is 3.05. The summed E-state index contributed by atoms with van der Waals surface area (Å²) in [5.74, 6) is 0. The maximum Gasteiger partial charge on any atom is 0.121 e. The van der Waals surface area contributed by atoms with Crippen LogP contribution in [0.25, 0.3) is 0 Å². The molecule has 0 radical (unpaired) electrons. The Kier molecular flexibility index (Phi) is 4.15. The average molecular weight is 244 g/mol. The van der Waals surface area contributed by atoms with Gasteiger partial charge in [0.25, 0.3) is 0 Å². The van der Waals surface area contributed by atoms with Crippen molar-refractivity contribution >= 4 is 0 Å². The quantitative estimate of drug-likeness (QED) is 0.878. The molecule has 0 saturated carbocycles. The lowest BCUT2D eigenvalue weighted by molar-refractivity contribution is 0.206. The molecular formula is C15H20N2O. The number of hydrogen-bond donors (Lipinski definition) is 1. The summed E-state index contributed by atoms with van der Waals surface area (Å²) in [6.45, 7) is 5.06. The van der Waals surface area contributed by atoms with E-state index in [2.05, 4.69) is 25.0 Å². The highest BCUT2D eigenvalue weighted by atomic mass is 16.3. The van der Waals surface area contributed by atoms with Crippen LogP contribution >= 0.6 is 0 Å². The highest BCUT2D eigenvalue weighted by molar-refractivity contribution is 5.33. The van der Waals surface area contributed by atoms with Gasteiger partial charge in [-0.2, -0.15) is 5.10 Å². The highest BCUT2D eigenvalue weighted by Crippen LogP contribution is 2.25. The molecule has 1 atom stereocenters. The number of aliphatic hydroxyl groups is 1. The lowest BCUT2D eigenvalue weighted by Gasteiger charge is -2.16. The molecule has 3 heteroatoms. The molecule has 0 fully saturated rings. The second-order valence-electron chi connectivity index (χ2n) is 4.43. The number of benzene rings is 1. The Bertz CT molecular complexity index is 505. The second-order valence-corrected chi connectivity index (χ2v) is 4.43. The molecule has 2 aromatic rings. The maximum absolute atomic E-state index is 10.5. The van der Waals surface area contributed by atoms with E-state index < -0.39 is 6.10 Å². The summed E-state index contributed by atoms with van der Waals surface area (Å²) in [6, 6.07) is 9.94. The summed E-state index contributed by atoms with van der Waals surface area (Å²) in [7, 11) is 0. The third kappa shape index (κ3) is 2.46. The van der Waals surface area contributed by atoms with Gasteiger partial charge >= 0.3 is 0 Å². The van der Waals surface area contributed by atoms with Crippen LogP contribution < -0.4 is 0 Å². The van der Waals surface area contributed by atoms with E-state index in [1.807, 2.05) is 28.9 Å². The molecule has 0 saturated heterocycles. The standard InChI is InChI=1S/C15H20N2O/c1-3-11-17-14(9-10-16-17)15(18)13-8-6-5-7-12(13)4-2/h5-10,15,18H,3-4,11H2,1-2H3. The smallest absolute Gasteiger partial charge is 0.121 e. The first kappa shape index (κ1) is 12.8. The van der Waals surface area contributed by atoms with E-state index in [0.29, 0.717) is 0 Å². The first-order chi connectivity index (χ1) is 8.77. The van der Waals surface area contributed by atoms with E-state index in [1.54, 1.807) is 6.20 Å². The number of aryl methyl sites for hydroxylation is 2. The molecule has 0 aliphatic carbocycles. The molecule has 1 heterocycles. The normalized spacial score (nSPS) is 12.6. The summed E-state index contributed by atoms with van der Waals surface area (Å²) < 4.78 is 1.89. The van der Waals surface area contributed by atoms with Gasteiger partial charge in [-0.25, -0.2) is 0 Å². The number of aliphatic hydroxyl groups excluding tert-OH is 1. The molecule has 0 aliphatic heterocycles. The lowest BCUT2D eigenvalue weighted by atomic mass is 9.98. The second kappa shape index (κ2) is 5.83. The Labute approximate surface area is 108 Å². The fraction of sp³-hybridized carbons (Fsp3) is 0.400. The van der Waals surface area contributed by atoms with Gasteiger partial charge in [0.2, 0.25) is 0 Å². The number of hydrogen-bond acceptors (Lipinski definition) is 2. The molecule has 1 N–H and O–H groups in total. The number of aromatic nitrogens is 2. The average Bonchev–Trinajstić information content (AvgIpc) is 2.86. The molecular weight excluding hydrogens is 224 g/mol. The minimum absolute atomic E-state index is 0.588. The minimum atomic E-state index is -0.588. The topological polar surface area (TPSA) is 38.0 Å². The first-order valence-electron chi connectivity index (χ1n) is 6.55. The van der Waals surface area contributed by atoms with Crippen molar-refractivity contribution in [3.05, 3.63) is 53.3 Å². The van der Waals surface area contributed by atoms with Crippen LogP contribution in [0.2, 0.25) is 0 Å². The van der Waals surface area contributed by atoms with Crippen molar-refractivity contribution in [2.45, 2.75) is 39.3 Å². The molecule has 96 valence electrons. The largest absolute Gasteiger partial charge is 0.382 e. The van der Waals surface area contributed by atoms with E-state index in [-0.39, 0.29) is 0 Å². The number of nitrogens with zero attached hydrogens (tertiary/aromatic N) is 2. The molecule has 0 amide bonds. The van der Waals surface area contributed by atoms with Crippen LogP contribution in [0.1, 0.15) is 43.2 Å². The number of rotatable bonds is 5. The zero-order valence-corrected chi connectivity index (χ0v) is 11.0. The van der Waals surface area contributed by atoms with E-state index in [4.69, 9.17) is 0 Å². The van der Waals surface area contributed by atoms with Gasteiger partial charge in [-0.15, -0.1) is 0 Å². The molecule has 0 spiro atoms. The van der Waals surface area contributed by atoms with Gasteiger partial charge in [0.1, 0.15) is 6.10 Å². The first-order valence-corrected chi connectivity index (χ1v) is 6.55. The summed E-state index contributed by atoms with van der Waals surface area (Å²) >= 11 is 0. The van der Waals surface area contributed by atoms with Gasteiger partial charge in [0, 0.05) is 12.7 Å². The lowest BCUT2D eigenvalue weighted by Crippen LogP contribution is -2.11. The molecule has 18 heavy (non-hydrogen) atoms. The predicted molar refractivity (Wildman–Crippen MR) is 72.4 cm³/mol. The molecule has 0 aliphatic rings. The van der Waals surface area contributed by atoms with Crippen molar-refractivity contribution in [3.63, 3.8) is 0 Å². The minimum Gasteiger partial charge on any atom is -0.382 e. The summed E-state index contributed by atoms with van der Waals surface area (Å²) in [5, 5.41) is 14.8. The van der Waals surface area contributed by atoms with Crippen LogP contribution in [0, 0.1) is 0 Å². The van der Waals surface area contributed by atoms with Crippen LogP contribution in [0.4, 0.5) is 0 Å². The van der Waals surface area contributed by atoms with Gasteiger partial charge in [-0.05, 0) is 30.0 Å². The summed E-state index contributed by atoms with van der Waals surface area (Å²) in [6.07, 6.45) is 3.10. The van der Waals surface area contributed by atoms with Gasteiger partial charge in [0.05, 0.1) is 5.69 Å². The third-order valence-corrected chi connectivity index (χ3v) is 3.20. The zero-order valence-electron chi connectivity index (χ0n) is 11.0. The van der Waals surface area contributed by atoms with E-state index >= 15 is 0 Å². The fourth-order valence-electron chi connectivity index (χ4n) is 2.26. The van der Waals surface area contributed by atoms with E-state index in [1.165, 1.54) is 5.56 Å². The Hall–Kier alpha value is -1.61. The van der Waals surface area contributed by atoms with Gasteiger partial charge in [-0.3, -0.25) is 4.68 Å². The van der Waals surface area contributed by atoms with Crippen molar-refractivity contribution in [1.82, 2.24) is 9.78 Å². The van der Waals surface area contributed by atoms with Crippen LogP contribution in [0.15, 0.2) is 36.5 Å². The van der Waals surface area contributed by atoms with Crippen molar-refractivity contribution in [2.24, 2.45) is 0 Å². The Morgan fingerprint density at radius 2 is 2.00 bits per heavy atom. The molecule has 3 nitrogen and oxygen atoms in total. The fourth-order valence-corrected chi connectivity index (χ4v) is 2.26. The van der Waals surface area contributed by atoms with Crippen LogP contribution in [-0.4, -0.2) is 14.9 Å². The van der Waals surface area contributed by atoms with Crippen LogP contribution in [0.5, 0.6) is 0 Å². The van der Waals surface area contributed by atoms with Crippen molar-refractivity contribution in [1.29, 1.82) is 0 Å². The monoisotopic (exact) mass is 244 g/mol. The van der Waals surface area contributed by atoms with E-state index in [9.17, 15) is 5.11 Å². The van der Waals surface area contributed by atoms with Crippen LogP contribution in [0.3, 0.4) is 0 Å². The third-order valence-electron chi connectivity index (χ3n) is 3.20. The molecule has 1 unspecified atom stereocenters. The molecule has 1 aromatic heterocycles. The Morgan fingerprint density at radius 1 is 1.22 bits per heavy atom. The predicted octanol–water partition coefficient (Wildman–Crippen LogP) is 2.94. The summed E-state index contributed by atoms with van der Waals surface area (Å²) in [4.78, 5) is 0. The van der Waals surface area contributed by atoms with Gasteiger partial charge < -0.3 is 5.11 Å². The SMILES string of the molecule is CCCn1nccc1C(O)c1ccccc1CC. The Balaban J connectivity index is 2.35.